The van der Waals surface area contributed by atoms with Gasteiger partial charge in [-0.15, -0.1) is 0 Å². The number of hydrogen-bond acceptors (Lipinski definition) is 7. The van der Waals surface area contributed by atoms with Crippen molar-refractivity contribution in [3.8, 4) is 23.1 Å². The lowest BCUT2D eigenvalue weighted by Crippen LogP contribution is -2.36. The summed E-state index contributed by atoms with van der Waals surface area (Å²) in [7, 11) is 3.32. The smallest absolute Gasteiger partial charge is 0.228 e. The summed E-state index contributed by atoms with van der Waals surface area (Å²) in [5.74, 6) is 3.86. The van der Waals surface area contributed by atoms with Gasteiger partial charge < -0.3 is 19.1 Å². The number of fused-ring (bicyclic) bond motifs is 1. The molecule has 0 bridgehead atoms. The van der Waals surface area contributed by atoms with Crippen molar-refractivity contribution in [2.75, 3.05) is 38.8 Å². The van der Waals surface area contributed by atoms with Crippen molar-refractivity contribution in [3.05, 3.63) is 64.6 Å². The number of piperidine rings is 1. The number of nitrogens with zero attached hydrogens (tertiary/aromatic N) is 4. The SMILES string of the molecule is COc1cc(CN2CCc3nc(N4CCC(C)CC4)nc(Oc4ccc(F)c(C)c4)c3C2)cc(OC)c1. The van der Waals surface area contributed by atoms with Crippen LogP contribution in [-0.2, 0) is 19.5 Å². The third-order valence-corrected chi connectivity index (χ3v) is 7.32. The summed E-state index contributed by atoms with van der Waals surface area (Å²) in [4.78, 5) is 14.5. The van der Waals surface area contributed by atoms with E-state index in [0.717, 1.165) is 85.6 Å². The molecule has 1 fully saturated rings. The average molecular weight is 507 g/mol. The van der Waals surface area contributed by atoms with Gasteiger partial charge in [0.2, 0.25) is 11.8 Å². The molecule has 7 nitrogen and oxygen atoms in total. The number of halogens is 1. The first-order valence-electron chi connectivity index (χ1n) is 12.9. The molecule has 0 aliphatic carbocycles. The highest BCUT2D eigenvalue weighted by atomic mass is 19.1. The Kier molecular flexibility index (Phi) is 7.46. The molecule has 0 unspecified atom stereocenters. The molecule has 0 radical (unpaired) electrons. The maximum atomic E-state index is 13.9. The summed E-state index contributed by atoms with van der Waals surface area (Å²) >= 11 is 0. The van der Waals surface area contributed by atoms with Gasteiger partial charge in [0.25, 0.3) is 0 Å². The third kappa shape index (κ3) is 5.80. The van der Waals surface area contributed by atoms with Crippen molar-refractivity contribution in [1.29, 1.82) is 0 Å². The summed E-state index contributed by atoms with van der Waals surface area (Å²) in [6.07, 6.45) is 3.06. The maximum absolute atomic E-state index is 13.9. The van der Waals surface area contributed by atoms with Gasteiger partial charge in [-0.25, -0.2) is 9.37 Å². The van der Waals surface area contributed by atoms with Crippen LogP contribution in [0.2, 0.25) is 0 Å². The Bertz CT molecular complexity index is 1240. The Morgan fingerprint density at radius 3 is 2.35 bits per heavy atom. The molecule has 1 saturated heterocycles. The fourth-order valence-electron chi connectivity index (χ4n) is 5.00. The molecule has 2 aliphatic rings. The zero-order valence-corrected chi connectivity index (χ0v) is 22.1. The molecular weight excluding hydrogens is 471 g/mol. The number of methoxy groups -OCH3 is 2. The first-order chi connectivity index (χ1) is 17.9. The topological polar surface area (TPSA) is 60.0 Å². The van der Waals surface area contributed by atoms with Crippen molar-refractivity contribution in [2.45, 2.75) is 46.2 Å². The Morgan fingerprint density at radius 2 is 1.68 bits per heavy atom. The van der Waals surface area contributed by atoms with Crippen LogP contribution in [0.25, 0.3) is 0 Å². The highest BCUT2D eigenvalue weighted by molar-refractivity contribution is 5.44. The first kappa shape index (κ1) is 25.3. The first-order valence-corrected chi connectivity index (χ1v) is 12.9. The largest absolute Gasteiger partial charge is 0.497 e. The lowest BCUT2D eigenvalue weighted by atomic mass is 9.99. The van der Waals surface area contributed by atoms with E-state index in [1.54, 1.807) is 33.3 Å². The summed E-state index contributed by atoms with van der Waals surface area (Å²) < 4.78 is 31.1. The van der Waals surface area contributed by atoms with Gasteiger partial charge in [0.15, 0.2) is 0 Å². The van der Waals surface area contributed by atoms with Gasteiger partial charge in [0.05, 0.1) is 25.5 Å². The summed E-state index contributed by atoms with van der Waals surface area (Å²) in [5.41, 5.74) is 3.66. The normalized spacial score (nSPS) is 16.4. The lowest BCUT2D eigenvalue weighted by molar-refractivity contribution is 0.237. The molecule has 0 N–H and O–H groups in total. The lowest BCUT2D eigenvalue weighted by Gasteiger charge is -2.33. The second-order valence-electron chi connectivity index (χ2n) is 10.1. The minimum atomic E-state index is -0.250. The van der Waals surface area contributed by atoms with Crippen LogP contribution in [0.1, 0.15) is 42.1 Å². The Morgan fingerprint density at radius 1 is 0.946 bits per heavy atom. The molecule has 2 aromatic carbocycles. The van der Waals surface area contributed by atoms with Crippen molar-refractivity contribution < 1.29 is 18.6 Å². The number of ether oxygens (including phenoxy) is 3. The fourth-order valence-corrected chi connectivity index (χ4v) is 5.00. The molecule has 0 amide bonds. The third-order valence-electron chi connectivity index (χ3n) is 7.32. The van der Waals surface area contributed by atoms with Crippen LogP contribution in [0.5, 0.6) is 23.1 Å². The Hall–Kier alpha value is -3.39. The molecule has 37 heavy (non-hydrogen) atoms. The summed E-state index contributed by atoms with van der Waals surface area (Å²) in [6.45, 7) is 8.17. The van der Waals surface area contributed by atoms with Crippen LogP contribution in [0.15, 0.2) is 36.4 Å². The van der Waals surface area contributed by atoms with E-state index in [9.17, 15) is 4.39 Å². The minimum Gasteiger partial charge on any atom is -0.497 e. The highest BCUT2D eigenvalue weighted by Gasteiger charge is 2.27. The quantitative estimate of drug-likeness (QED) is 0.418. The predicted molar refractivity (Wildman–Crippen MR) is 141 cm³/mol. The van der Waals surface area contributed by atoms with Crippen molar-refractivity contribution in [3.63, 3.8) is 0 Å². The van der Waals surface area contributed by atoms with Crippen LogP contribution in [-0.4, -0.2) is 48.7 Å². The number of aryl methyl sites for hydroxylation is 1. The number of aromatic nitrogens is 2. The number of anilines is 1. The molecule has 2 aliphatic heterocycles. The van der Waals surface area contributed by atoms with E-state index < -0.39 is 0 Å². The van der Waals surface area contributed by atoms with Crippen LogP contribution in [0.4, 0.5) is 10.3 Å². The van der Waals surface area contributed by atoms with Crippen molar-refractivity contribution in [1.82, 2.24) is 14.9 Å². The van der Waals surface area contributed by atoms with Gasteiger partial charge in [0.1, 0.15) is 23.1 Å². The molecule has 0 spiro atoms. The van der Waals surface area contributed by atoms with E-state index in [0.29, 0.717) is 23.7 Å². The molecule has 3 aromatic rings. The van der Waals surface area contributed by atoms with E-state index in [1.165, 1.54) is 6.07 Å². The highest BCUT2D eigenvalue weighted by Crippen LogP contribution is 2.34. The minimum absolute atomic E-state index is 0.250. The van der Waals surface area contributed by atoms with E-state index >= 15 is 0 Å². The van der Waals surface area contributed by atoms with Gasteiger partial charge in [-0.1, -0.05) is 6.92 Å². The summed E-state index contributed by atoms with van der Waals surface area (Å²) in [5, 5.41) is 0. The van der Waals surface area contributed by atoms with E-state index in [-0.39, 0.29) is 5.82 Å². The standard InChI is InChI=1S/C29H35FN4O3/c1-19-7-11-34(12-8-19)29-31-27-9-10-33(17-21-14-23(35-3)16-24(15-21)36-4)18-25(27)28(32-29)37-22-5-6-26(30)20(2)13-22/h5-6,13-16,19H,7-12,17-18H2,1-4H3. The zero-order valence-electron chi connectivity index (χ0n) is 22.1. The number of rotatable bonds is 7. The van der Waals surface area contributed by atoms with E-state index in [2.05, 4.69) is 16.7 Å². The van der Waals surface area contributed by atoms with Gasteiger partial charge in [0, 0.05) is 45.2 Å². The van der Waals surface area contributed by atoms with Crippen molar-refractivity contribution >= 4 is 5.95 Å². The van der Waals surface area contributed by atoms with Gasteiger partial charge in [-0.2, -0.15) is 4.98 Å². The molecule has 1 aromatic heterocycles. The van der Waals surface area contributed by atoms with Crippen LogP contribution < -0.4 is 19.1 Å². The van der Waals surface area contributed by atoms with Crippen molar-refractivity contribution in [2.24, 2.45) is 5.92 Å². The van der Waals surface area contributed by atoms with Gasteiger partial charge >= 0.3 is 0 Å². The molecule has 196 valence electrons. The average Bonchev–Trinajstić information content (AvgIpc) is 2.91. The monoisotopic (exact) mass is 506 g/mol. The fraction of sp³-hybridized carbons (Fsp3) is 0.448. The van der Waals surface area contributed by atoms with Crippen LogP contribution in [0.3, 0.4) is 0 Å². The van der Waals surface area contributed by atoms with Gasteiger partial charge in [-0.05, 0) is 67.1 Å². The summed E-state index contributed by atoms with van der Waals surface area (Å²) in [6, 6.07) is 10.8. The second-order valence-corrected chi connectivity index (χ2v) is 10.1. The van der Waals surface area contributed by atoms with Crippen LogP contribution >= 0.6 is 0 Å². The molecule has 0 atom stereocenters. The van der Waals surface area contributed by atoms with E-state index in [4.69, 9.17) is 24.2 Å². The second kappa shape index (κ2) is 10.9. The molecular formula is C29H35FN4O3. The number of benzene rings is 2. The Labute approximate surface area is 218 Å². The maximum Gasteiger partial charge on any atom is 0.228 e. The zero-order chi connectivity index (χ0) is 25.9. The molecule has 0 saturated carbocycles. The molecule has 3 heterocycles. The number of hydrogen-bond donors (Lipinski definition) is 0. The molecule has 5 rings (SSSR count). The predicted octanol–water partition coefficient (Wildman–Crippen LogP) is 5.53. The Balaban J connectivity index is 1.44. The molecule has 8 heteroatoms. The van der Waals surface area contributed by atoms with Crippen LogP contribution in [0, 0.1) is 18.7 Å². The van der Waals surface area contributed by atoms with Gasteiger partial charge in [-0.3, -0.25) is 4.90 Å². The van der Waals surface area contributed by atoms with E-state index in [1.807, 2.05) is 18.2 Å².